The molecule has 1 heterocycles. The van der Waals surface area contributed by atoms with E-state index in [4.69, 9.17) is 0 Å². The van der Waals surface area contributed by atoms with Crippen molar-refractivity contribution in [1.82, 2.24) is 14.9 Å². The van der Waals surface area contributed by atoms with Gasteiger partial charge >= 0.3 is 0 Å². The van der Waals surface area contributed by atoms with Crippen molar-refractivity contribution in [3.63, 3.8) is 0 Å². The largest absolute Gasteiger partial charge is 0.329 e. The maximum atomic E-state index is 4.27. The lowest BCUT2D eigenvalue weighted by Crippen LogP contribution is -2.23. The predicted molar refractivity (Wildman–Crippen MR) is 66.3 cm³/mol. The normalized spacial score (nSPS) is 11.2. The van der Waals surface area contributed by atoms with Crippen LogP contribution in [-0.4, -0.2) is 27.9 Å². The average Bonchev–Trinajstić information content (AvgIpc) is 2.57. The van der Waals surface area contributed by atoms with Crippen molar-refractivity contribution >= 4 is 11.8 Å². The van der Waals surface area contributed by atoms with Crippen LogP contribution in [0.1, 0.15) is 26.7 Å². The number of aryl methyl sites for hydroxylation is 1. The highest BCUT2D eigenvalue weighted by Gasteiger charge is 1.99. The first-order valence-corrected chi connectivity index (χ1v) is 6.52. The van der Waals surface area contributed by atoms with Gasteiger partial charge in [0.2, 0.25) is 0 Å². The summed E-state index contributed by atoms with van der Waals surface area (Å²) in [5, 5.41) is 4.54. The summed E-state index contributed by atoms with van der Waals surface area (Å²) in [6, 6.07) is 0.604. The van der Waals surface area contributed by atoms with Gasteiger partial charge in [0.1, 0.15) is 0 Å². The third-order valence-electron chi connectivity index (χ3n) is 2.13. The molecule has 1 rings (SSSR count). The van der Waals surface area contributed by atoms with Gasteiger partial charge in [-0.15, -0.1) is 0 Å². The Morgan fingerprint density at radius 2 is 2.27 bits per heavy atom. The highest BCUT2D eigenvalue weighted by molar-refractivity contribution is 7.99. The minimum atomic E-state index is 0.604. The van der Waals surface area contributed by atoms with Gasteiger partial charge in [0.15, 0.2) is 5.16 Å². The third kappa shape index (κ3) is 5.23. The molecule has 3 nitrogen and oxygen atoms in total. The molecule has 4 heteroatoms. The van der Waals surface area contributed by atoms with Crippen molar-refractivity contribution in [3.8, 4) is 0 Å². The second-order valence-corrected chi connectivity index (χ2v) is 5.05. The third-order valence-corrected chi connectivity index (χ3v) is 3.28. The molecule has 0 radical (unpaired) electrons. The van der Waals surface area contributed by atoms with Crippen molar-refractivity contribution in [1.29, 1.82) is 0 Å². The van der Waals surface area contributed by atoms with E-state index in [0.717, 1.165) is 17.5 Å². The number of nitrogens with zero attached hydrogens (tertiary/aromatic N) is 2. The minimum Gasteiger partial charge on any atom is -0.329 e. The van der Waals surface area contributed by atoms with E-state index in [-0.39, 0.29) is 0 Å². The topological polar surface area (TPSA) is 29.9 Å². The fourth-order valence-corrected chi connectivity index (χ4v) is 2.20. The molecule has 1 aromatic rings. The molecule has 0 saturated heterocycles. The number of thioether (sulfide) groups is 1. The summed E-state index contributed by atoms with van der Waals surface area (Å²) in [5.41, 5.74) is 0. The molecule has 1 N–H and O–H groups in total. The van der Waals surface area contributed by atoms with Crippen LogP contribution in [0, 0.1) is 0 Å². The molecule has 0 amide bonds. The maximum absolute atomic E-state index is 4.27. The van der Waals surface area contributed by atoms with Crippen molar-refractivity contribution in [3.05, 3.63) is 12.4 Å². The zero-order valence-electron chi connectivity index (χ0n) is 9.86. The Morgan fingerprint density at radius 1 is 1.47 bits per heavy atom. The number of aromatic nitrogens is 2. The second-order valence-electron chi connectivity index (χ2n) is 3.99. The van der Waals surface area contributed by atoms with Crippen LogP contribution >= 0.6 is 11.8 Å². The lowest BCUT2D eigenvalue weighted by molar-refractivity contribution is 0.567. The van der Waals surface area contributed by atoms with Gasteiger partial charge in [-0.25, -0.2) is 4.98 Å². The molecule has 1 aromatic heterocycles. The van der Waals surface area contributed by atoms with E-state index in [1.54, 1.807) is 0 Å². The van der Waals surface area contributed by atoms with E-state index in [2.05, 4.69) is 28.7 Å². The average molecular weight is 227 g/mol. The van der Waals surface area contributed by atoms with Crippen LogP contribution in [0.25, 0.3) is 0 Å². The molecule has 86 valence electrons. The summed E-state index contributed by atoms with van der Waals surface area (Å²) < 4.78 is 2.07. The molecule has 0 aliphatic heterocycles. The Hall–Kier alpha value is -0.480. The fraction of sp³-hybridized carbons (Fsp3) is 0.727. The summed E-state index contributed by atoms with van der Waals surface area (Å²) >= 11 is 1.84. The molecule has 0 aliphatic rings. The van der Waals surface area contributed by atoms with E-state index in [9.17, 15) is 0 Å². The SMILES string of the molecule is CC(C)NCCCCSc1nccn1C. The fourth-order valence-electron chi connectivity index (χ4n) is 1.27. The van der Waals surface area contributed by atoms with Gasteiger partial charge in [0.25, 0.3) is 0 Å². The van der Waals surface area contributed by atoms with Crippen LogP contribution < -0.4 is 5.32 Å². The van der Waals surface area contributed by atoms with Crippen molar-refractivity contribution < 1.29 is 0 Å². The predicted octanol–water partition coefficient (Wildman–Crippen LogP) is 2.29. The van der Waals surface area contributed by atoms with E-state index in [0.29, 0.717) is 6.04 Å². The quantitative estimate of drug-likeness (QED) is 0.572. The molecule has 0 bridgehead atoms. The number of hydrogen-bond donors (Lipinski definition) is 1. The maximum Gasteiger partial charge on any atom is 0.167 e. The van der Waals surface area contributed by atoms with Crippen LogP contribution in [0.15, 0.2) is 17.6 Å². The first kappa shape index (κ1) is 12.6. The van der Waals surface area contributed by atoms with Gasteiger partial charge < -0.3 is 9.88 Å². The Morgan fingerprint density at radius 3 is 2.87 bits per heavy atom. The Labute approximate surface area is 96.7 Å². The smallest absolute Gasteiger partial charge is 0.167 e. The van der Waals surface area contributed by atoms with Crippen LogP contribution in [0.4, 0.5) is 0 Å². The van der Waals surface area contributed by atoms with Gasteiger partial charge in [-0.05, 0) is 19.4 Å². The minimum absolute atomic E-state index is 0.604. The number of unbranched alkanes of at least 4 members (excludes halogenated alkanes) is 1. The molecule has 0 spiro atoms. The number of hydrogen-bond acceptors (Lipinski definition) is 3. The highest BCUT2D eigenvalue weighted by Crippen LogP contribution is 2.15. The molecule has 0 aliphatic carbocycles. The molecule has 0 unspecified atom stereocenters. The molecular formula is C11H21N3S. The van der Waals surface area contributed by atoms with Gasteiger partial charge in [-0.3, -0.25) is 0 Å². The van der Waals surface area contributed by atoms with Crippen LogP contribution in [0.3, 0.4) is 0 Å². The number of nitrogens with one attached hydrogen (secondary N) is 1. The lowest BCUT2D eigenvalue weighted by atomic mass is 10.3. The molecular weight excluding hydrogens is 206 g/mol. The molecule has 0 aromatic carbocycles. The molecule has 15 heavy (non-hydrogen) atoms. The van der Waals surface area contributed by atoms with Crippen LogP contribution in [0.5, 0.6) is 0 Å². The van der Waals surface area contributed by atoms with Gasteiger partial charge in [-0.2, -0.15) is 0 Å². The summed E-state index contributed by atoms with van der Waals surface area (Å²) in [6.45, 7) is 5.49. The van der Waals surface area contributed by atoms with E-state index in [1.807, 2.05) is 31.2 Å². The highest BCUT2D eigenvalue weighted by atomic mass is 32.2. The van der Waals surface area contributed by atoms with Gasteiger partial charge in [-0.1, -0.05) is 25.6 Å². The number of imidazole rings is 1. The zero-order valence-corrected chi connectivity index (χ0v) is 10.7. The van der Waals surface area contributed by atoms with Crippen molar-refractivity contribution in [2.75, 3.05) is 12.3 Å². The second kappa shape index (κ2) is 6.90. The first-order chi connectivity index (χ1) is 7.20. The van der Waals surface area contributed by atoms with E-state index >= 15 is 0 Å². The van der Waals surface area contributed by atoms with Crippen LogP contribution in [0.2, 0.25) is 0 Å². The van der Waals surface area contributed by atoms with Gasteiger partial charge in [0.05, 0.1) is 0 Å². The molecule has 0 saturated carbocycles. The summed E-state index contributed by atoms with van der Waals surface area (Å²) in [5.74, 6) is 1.16. The molecule has 0 fully saturated rings. The zero-order chi connectivity index (χ0) is 11.1. The van der Waals surface area contributed by atoms with Gasteiger partial charge in [0, 0.05) is 31.2 Å². The Kier molecular flexibility index (Phi) is 5.79. The number of rotatable bonds is 7. The van der Waals surface area contributed by atoms with Crippen LogP contribution in [-0.2, 0) is 7.05 Å². The van der Waals surface area contributed by atoms with E-state index in [1.165, 1.54) is 12.8 Å². The summed E-state index contributed by atoms with van der Waals surface area (Å²) in [7, 11) is 2.04. The standard InChI is InChI=1S/C11H21N3S/c1-10(2)12-6-4-5-9-15-11-13-7-8-14(11)3/h7-8,10,12H,4-6,9H2,1-3H3. The summed E-state index contributed by atoms with van der Waals surface area (Å²) in [4.78, 5) is 4.27. The van der Waals surface area contributed by atoms with Crippen molar-refractivity contribution in [2.45, 2.75) is 37.9 Å². The molecule has 0 atom stereocenters. The van der Waals surface area contributed by atoms with Crippen molar-refractivity contribution in [2.24, 2.45) is 7.05 Å². The summed E-state index contributed by atoms with van der Waals surface area (Å²) in [6.07, 6.45) is 6.33. The Balaban J connectivity index is 2.00. The van der Waals surface area contributed by atoms with E-state index < -0.39 is 0 Å². The first-order valence-electron chi connectivity index (χ1n) is 5.53. The Bertz CT molecular complexity index is 271. The lowest BCUT2D eigenvalue weighted by Gasteiger charge is -2.07. The monoisotopic (exact) mass is 227 g/mol.